The molecule has 1 aliphatic rings. The van der Waals surface area contributed by atoms with Gasteiger partial charge in [-0.1, -0.05) is 26.8 Å². The molecule has 1 fully saturated rings. The van der Waals surface area contributed by atoms with Crippen LogP contribution in [0.3, 0.4) is 0 Å². The van der Waals surface area contributed by atoms with Crippen molar-refractivity contribution in [3.63, 3.8) is 0 Å². The Bertz CT molecular complexity index is 971. The Morgan fingerprint density at radius 2 is 2.03 bits per heavy atom. The highest BCUT2D eigenvalue weighted by Gasteiger charge is 2.25. The average molecular weight is 393 g/mol. The molecule has 0 amide bonds. The van der Waals surface area contributed by atoms with Gasteiger partial charge >= 0.3 is 0 Å². The smallest absolute Gasteiger partial charge is 0.157 e. The van der Waals surface area contributed by atoms with E-state index in [0.717, 1.165) is 41.3 Å². The largest absolute Gasteiger partial charge is 0.362 e. The molecule has 154 valence electrons. The normalized spacial score (nSPS) is 18.3. The zero-order valence-electron chi connectivity index (χ0n) is 18.0. The van der Waals surface area contributed by atoms with Crippen molar-refractivity contribution in [1.82, 2.24) is 25.1 Å². The van der Waals surface area contributed by atoms with E-state index in [0.29, 0.717) is 17.9 Å². The molecule has 3 aromatic heterocycles. The Morgan fingerprint density at radius 3 is 2.83 bits per heavy atom. The van der Waals surface area contributed by atoms with Crippen molar-refractivity contribution < 1.29 is 0 Å². The van der Waals surface area contributed by atoms with E-state index >= 15 is 0 Å². The third-order valence-electron chi connectivity index (χ3n) is 5.45. The van der Waals surface area contributed by atoms with Gasteiger partial charge in [0, 0.05) is 30.4 Å². The lowest BCUT2D eigenvalue weighted by molar-refractivity contribution is 0.150. The third kappa shape index (κ3) is 4.93. The minimum atomic E-state index is 0.329. The fraction of sp³-hybridized carbons (Fsp3) is 0.522. The van der Waals surface area contributed by atoms with E-state index in [1.165, 1.54) is 25.1 Å². The molecule has 6 heteroatoms. The number of aryl methyl sites for hydroxylation is 1. The number of likely N-dealkylation sites (tertiary alicyclic amines) is 1. The van der Waals surface area contributed by atoms with Crippen LogP contribution in [0.5, 0.6) is 0 Å². The van der Waals surface area contributed by atoms with E-state index in [9.17, 15) is 0 Å². The highest BCUT2D eigenvalue weighted by Crippen LogP contribution is 2.30. The van der Waals surface area contributed by atoms with Gasteiger partial charge in [-0.2, -0.15) is 5.10 Å². The molecule has 6 nitrogen and oxygen atoms in total. The van der Waals surface area contributed by atoms with Gasteiger partial charge in [0.15, 0.2) is 11.5 Å². The van der Waals surface area contributed by atoms with E-state index in [4.69, 9.17) is 4.98 Å². The number of nitrogens with zero attached hydrogens (tertiary/aromatic N) is 4. The van der Waals surface area contributed by atoms with Crippen LogP contribution in [0.25, 0.3) is 11.0 Å². The standard InChI is InChI=1S/C23H32N6/c1-16-7-5-9-18(25-16)13-24-21-19-10-11-20(26-22(19)28-27-21)17-8-6-12-29(14-17)15-23(2,3)4/h5,7,9-11,17H,6,8,12-15H2,1-4H3,(H2,24,26,27,28). The lowest BCUT2D eigenvalue weighted by Crippen LogP contribution is -2.39. The number of rotatable bonds is 5. The molecule has 2 N–H and O–H groups in total. The fourth-order valence-corrected chi connectivity index (χ4v) is 4.27. The van der Waals surface area contributed by atoms with Crippen molar-refractivity contribution in [2.75, 3.05) is 25.0 Å². The maximum Gasteiger partial charge on any atom is 0.157 e. The van der Waals surface area contributed by atoms with Gasteiger partial charge in [-0.25, -0.2) is 4.98 Å². The summed E-state index contributed by atoms with van der Waals surface area (Å²) >= 11 is 0. The molecule has 0 saturated carbocycles. The lowest BCUT2D eigenvalue weighted by Gasteiger charge is -2.36. The third-order valence-corrected chi connectivity index (χ3v) is 5.45. The van der Waals surface area contributed by atoms with Crippen LogP contribution < -0.4 is 5.32 Å². The summed E-state index contributed by atoms with van der Waals surface area (Å²) in [6, 6.07) is 10.4. The summed E-state index contributed by atoms with van der Waals surface area (Å²) in [4.78, 5) is 12.1. The number of aromatic amines is 1. The number of hydrogen-bond donors (Lipinski definition) is 2. The monoisotopic (exact) mass is 392 g/mol. The van der Waals surface area contributed by atoms with Gasteiger partial charge in [-0.3, -0.25) is 10.1 Å². The Balaban J connectivity index is 1.46. The van der Waals surface area contributed by atoms with Crippen molar-refractivity contribution in [1.29, 1.82) is 0 Å². The molecule has 0 radical (unpaired) electrons. The summed E-state index contributed by atoms with van der Waals surface area (Å²) in [7, 11) is 0. The van der Waals surface area contributed by atoms with Crippen LogP contribution in [0.2, 0.25) is 0 Å². The summed E-state index contributed by atoms with van der Waals surface area (Å²) in [5.41, 5.74) is 4.39. The summed E-state index contributed by atoms with van der Waals surface area (Å²) in [6.07, 6.45) is 2.44. The minimum Gasteiger partial charge on any atom is -0.362 e. The van der Waals surface area contributed by atoms with Gasteiger partial charge in [0.25, 0.3) is 0 Å². The predicted octanol–water partition coefficient (Wildman–Crippen LogP) is 4.50. The molecule has 0 spiro atoms. The second-order valence-corrected chi connectivity index (χ2v) is 9.46. The molecule has 0 bridgehead atoms. The minimum absolute atomic E-state index is 0.329. The number of aromatic nitrogens is 4. The molecule has 4 heterocycles. The lowest BCUT2D eigenvalue weighted by atomic mass is 9.90. The van der Waals surface area contributed by atoms with Gasteiger partial charge in [0.05, 0.1) is 17.6 Å². The van der Waals surface area contributed by atoms with Crippen molar-refractivity contribution >= 4 is 16.9 Å². The summed E-state index contributed by atoms with van der Waals surface area (Å²) in [6.45, 7) is 13.0. The first-order valence-electron chi connectivity index (χ1n) is 10.6. The van der Waals surface area contributed by atoms with Gasteiger partial charge in [-0.15, -0.1) is 0 Å². The molecular formula is C23H32N6. The average Bonchev–Trinajstić information content (AvgIpc) is 3.07. The number of nitrogens with one attached hydrogen (secondary N) is 2. The zero-order chi connectivity index (χ0) is 20.4. The second-order valence-electron chi connectivity index (χ2n) is 9.46. The Morgan fingerprint density at radius 1 is 1.17 bits per heavy atom. The topological polar surface area (TPSA) is 69.7 Å². The van der Waals surface area contributed by atoms with Gasteiger partial charge in [-0.05, 0) is 56.0 Å². The summed E-state index contributed by atoms with van der Waals surface area (Å²) in [5, 5.41) is 12.0. The quantitative estimate of drug-likeness (QED) is 0.669. The molecule has 1 atom stereocenters. The van der Waals surface area contributed by atoms with Crippen LogP contribution in [0.4, 0.5) is 5.82 Å². The van der Waals surface area contributed by atoms with Crippen LogP contribution in [0, 0.1) is 12.3 Å². The molecule has 0 aromatic carbocycles. The number of fused-ring (bicyclic) bond motifs is 1. The molecule has 29 heavy (non-hydrogen) atoms. The number of pyridine rings is 2. The summed E-state index contributed by atoms with van der Waals surface area (Å²) in [5.74, 6) is 1.33. The van der Waals surface area contributed by atoms with E-state index in [1.807, 2.05) is 25.1 Å². The van der Waals surface area contributed by atoms with Crippen LogP contribution in [-0.2, 0) is 6.54 Å². The fourth-order valence-electron chi connectivity index (χ4n) is 4.27. The number of H-pyrrole nitrogens is 1. The van der Waals surface area contributed by atoms with Crippen LogP contribution in [0.15, 0.2) is 30.3 Å². The maximum absolute atomic E-state index is 4.92. The Labute approximate surface area is 173 Å². The van der Waals surface area contributed by atoms with Gasteiger partial charge < -0.3 is 10.2 Å². The zero-order valence-corrected chi connectivity index (χ0v) is 18.0. The molecule has 4 rings (SSSR count). The summed E-state index contributed by atoms with van der Waals surface area (Å²) < 4.78 is 0. The Hall–Kier alpha value is -2.47. The van der Waals surface area contributed by atoms with Gasteiger partial charge in [0.1, 0.15) is 0 Å². The van der Waals surface area contributed by atoms with Crippen molar-refractivity contribution in [3.05, 3.63) is 47.4 Å². The number of anilines is 1. The molecule has 1 unspecified atom stereocenters. The van der Waals surface area contributed by atoms with Crippen molar-refractivity contribution in [2.24, 2.45) is 5.41 Å². The first-order valence-corrected chi connectivity index (χ1v) is 10.6. The molecule has 3 aromatic rings. The first-order chi connectivity index (χ1) is 13.9. The van der Waals surface area contributed by atoms with Gasteiger partial charge in [0.2, 0.25) is 0 Å². The SMILES string of the molecule is Cc1cccc(CNc2n[nH]c3nc(C4CCCN(CC(C)(C)C)C4)ccc23)n1. The first kappa shape index (κ1) is 19.8. The van der Waals surface area contributed by atoms with Crippen molar-refractivity contribution in [2.45, 2.75) is 53.0 Å². The Kier molecular flexibility index (Phi) is 5.54. The van der Waals surface area contributed by atoms with E-state index in [1.54, 1.807) is 0 Å². The molecule has 1 saturated heterocycles. The van der Waals surface area contributed by atoms with Crippen LogP contribution in [-0.4, -0.2) is 44.7 Å². The van der Waals surface area contributed by atoms with Crippen molar-refractivity contribution in [3.8, 4) is 0 Å². The van der Waals surface area contributed by atoms with E-state index in [-0.39, 0.29) is 0 Å². The van der Waals surface area contributed by atoms with Crippen LogP contribution in [0.1, 0.15) is 56.6 Å². The molecular weight excluding hydrogens is 360 g/mol. The van der Waals surface area contributed by atoms with E-state index in [2.05, 4.69) is 58.3 Å². The van der Waals surface area contributed by atoms with Crippen LogP contribution >= 0.6 is 0 Å². The predicted molar refractivity (Wildman–Crippen MR) is 118 cm³/mol. The number of piperidine rings is 1. The highest BCUT2D eigenvalue weighted by atomic mass is 15.2. The maximum atomic E-state index is 4.92. The second kappa shape index (κ2) is 8.11. The van der Waals surface area contributed by atoms with E-state index < -0.39 is 0 Å². The highest BCUT2D eigenvalue weighted by molar-refractivity contribution is 5.87. The molecule has 0 aliphatic carbocycles. The number of hydrogen-bond acceptors (Lipinski definition) is 5. The molecule has 1 aliphatic heterocycles.